The quantitative estimate of drug-likeness (QED) is 0.519. The molecule has 0 fully saturated rings. The topological polar surface area (TPSA) is 0 Å². The highest BCUT2D eigenvalue weighted by Crippen LogP contribution is 2.13. The molecule has 0 aromatic heterocycles. The van der Waals surface area contributed by atoms with Crippen molar-refractivity contribution in [2.45, 2.75) is 53.4 Å². The molecule has 0 saturated carbocycles. The molecule has 76 valence electrons. The van der Waals surface area contributed by atoms with Crippen molar-refractivity contribution in [2.24, 2.45) is 5.92 Å². The number of hydrogen-bond donors (Lipinski definition) is 0. The lowest BCUT2D eigenvalue weighted by molar-refractivity contribution is 0.683. The van der Waals surface area contributed by atoms with Crippen LogP contribution >= 0.6 is 0 Å². The maximum absolute atomic E-state index is 3.91. The summed E-state index contributed by atoms with van der Waals surface area (Å²) >= 11 is 0. The monoisotopic (exact) mass is 180 g/mol. The van der Waals surface area contributed by atoms with Crippen molar-refractivity contribution in [2.75, 3.05) is 0 Å². The highest BCUT2D eigenvalue weighted by molar-refractivity contribution is 5.01. The lowest BCUT2D eigenvalue weighted by Gasteiger charge is -2.05. The van der Waals surface area contributed by atoms with Crippen molar-refractivity contribution in [3.63, 3.8) is 0 Å². The largest absolute Gasteiger partial charge is 0.100 e. The SMILES string of the molecule is C=C(C)CCCC(C)=CC(C)CC. The van der Waals surface area contributed by atoms with Crippen LogP contribution in [0.5, 0.6) is 0 Å². The highest BCUT2D eigenvalue weighted by Gasteiger charge is 1.96. The van der Waals surface area contributed by atoms with Gasteiger partial charge in [-0.3, -0.25) is 0 Å². The predicted octanol–water partition coefficient (Wildman–Crippen LogP) is 4.73. The van der Waals surface area contributed by atoms with Crippen molar-refractivity contribution < 1.29 is 0 Å². The van der Waals surface area contributed by atoms with E-state index in [9.17, 15) is 0 Å². The molecule has 0 N–H and O–H groups in total. The average molecular weight is 180 g/mol. The van der Waals surface area contributed by atoms with Crippen LogP contribution in [-0.4, -0.2) is 0 Å². The molecule has 0 amide bonds. The second-order valence-electron chi connectivity index (χ2n) is 4.21. The third-order valence-corrected chi connectivity index (χ3v) is 2.39. The van der Waals surface area contributed by atoms with Gasteiger partial charge >= 0.3 is 0 Å². The molecule has 0 heterocycles. The maximum atomic E-state index is 3.91. The van der Waals surface area contributed by atoms with Gasteiger partial charge in [-0.1, -0.05) is 37.5 Å². The fourth-order valence-electron chi connectivity index (χ4n) is 1.36. The fourth-order valence-corrected chi connectivity index (χ4v) is 1.36. The summed E-state index contributed by atoms with van der Waals surface area (Å²) in [5.74, 6) is 0.741. The second-order valence-corrected chi connectivity index (χ2v) is 4.21. The Labute approximate surface area is 83.7 Å². The van der Waals surface area contributed by atoms with Gasteiger partial charge in [0.2, 0.25) is 0 Å². The van der Waals surface area contributed by atoms with Gasteiger partial charge in [0.15, 0.2) is 0 Å². The molecule has 0 bridgehead atoms. The Morgan fingerprint density at radius 3 is 2.38 bits per heavy atom. The molecule has 1 unspecified atom stereocenters. The maximum Gasteiger partial charge on any atom is -0.0262 e. The van der Waals surface area contributed by atoms with Gasteiger partial charge in [0.05, 0.1) is 0 Å². The zero-order chi connectivity index (χ0) is 10.3. The van der Waals surface area contributed by atoms with E-state index in [0.29, 0.717) is 0 Å². The smallest absolute Gasteiger partial charge is 0.0262 e. The van der Waals surface area contributed by atoms with Gasteiger partial charge in [0.1, 0.15) is 0 Å². The molecule has 0 aromatic rings. The van der Waals surface area contributed by atoms with E-state index in [2.05, 4.69) is 40.3 Å². The Hall–Kier alpha value is -0.520. The summed E-state index contributed by atoms with van der Waals surface area (Å²) in [5.41, 5.74) is 2.84. The van der Waals surface area contributed by atoms with Crippen LogP contribution in [0.4, 0.5) is 0 Å². The molecule has 13 heavy (non-hydrogen) atoms. The van der Waals surface area contributed by atoms with E-state index in [0.717, 1.165) is 5.92 Å². The van der Waals surface area contributed by atoms with E-state index >= 15 is 0 Å². The van der Waals surface area contributed by atoms with Gasteiger partial charge < -0.3 is 0 Å². The highest BCUT2D eigenvalue weighted by atomic mass is 14.0. The second kappa shape index (κ2) is 6.94. The summed E-state index contributed by atoms with van der Waals surface area (Å²) in [4.78, 5) is 0. The fraction of sp³-hybridized carbons (Fsp3) is 0.692. The van der Waals surface area contributed by atoms with Crippen molar-refractivity contribution in [1.82, 2.24) is 0 Å². The van der Waals surface area contributed by atoms with Gasteiger partial charge in [-0.05, 0) is 39.0 Å². The molecule has 0 rings (SSSR count). The zero-order valence-corrected chi connectivity index (χ0v) is 9.69. The third kappa shape index (κ3) is 7.83. The van der Waals surface area contributed by atoms with E-state index in [4.69, 9.17) is 0 Å². The summed E-state index contributed by atoms with van der Waals surface area (Å²) in [5, 5.41) is 0. The van der Waals surface area contributed by atoms with Crippen molar-refractivity contribution in [1.29, 1.82) is 0 Å². The van der Waals surface area contributed by atoms with Crippen LogP contribution in [0.1, 0.15) is 53.4 Å². The number of allylic oxidation sites excluding steroid dienone is 3. The number of hydrogen-bond acceptors (Lipinski definition) is 0. The standard InChI is InChI=1S/C13H24/c1-6-12(4)10-13(5)9-7-8-11(2)3/h10,12H,2,6-9H2,1,3-5H3. The Morgan fingerprint density at radius 2 is 1.92 bits per heavy atom. The molecule has 0 heteroatoms. The van der Waals surface area contributed by atoms with Crippen LogP contribution in [-0.2, 0) is 0 Å². The molecular formula is C13H24. The van der Waals surface area contributed by atoms with Crippen molar-refractivity contribution in [3.8, 4) is 0 Å². The van der Waals surface area contributed by atoms with E-state index in [1.54, 1.807) is 0 Å². The van der Waals surface area contributed by atoms with Gasteiger partial charge in [0, 0.05) is 0 Å². The van der Waals surface area contributed by atoms with Crippen LogP contribution in [0.2, 0.25) is 0 Å². The molecule has 0 aliphatic rings. The Bertz CT molecular complexity index is 174. The van der Waals surface area contributed by atoms with Crippen LogP contribution < -0.4 is 0 Å². The van der Waals surface area contributed by atoms with Crippen LogP contribution in [0.25, 0.3) is 0 Å². The molecule has 0 saturated heterocycles. The van der Waals surface area contributed by atoms with Gasteiger partial charge in [-0.15, -0.1) is 6.58 Å². The molecule has 0 radical (unpaired) electrons. The lowest BCUT2D eigenvalue weighted by Crippen LogP contribution is -1.88. The van der Waals surface area contributed by atoms with Gasteiger partial charge in [-0.2, -0.15) is 0 Å². The summed E-state index contributed by atoms with van der Waals surface area (Å²) in [7, 11) is 0. The van der Waals surface area contributed by atoms with Gasteiger partial charge in [-0.25, -0.2) is 0 Å². The molecule has 0 aromatic carbocycles. The molecule has 0 aliphatic heterocycles. The summed E-state index contributed by atoms with van der Waals surface area (Å²) < 4.78 is 0. The first kappa shape index (κ1) is 12.5. The molecule has 1 atom stereocenters. The number of rotatable bonds is 6. The first-order chi connectivity index (χ1) is 6.06. The van der Waals surface area contributed by atoms with E-state index in [1.165, 1.54) is 36.8 Å². The summed E-state index contributed by atoms with van der Waals surface area (Å²) in [6, 6.07) is 0. The van der Waals surface area contributed by atoms with Crippen LogP contribution in [0.15, 0.2) is 23.8 Å². The Balaban J connectivity index is 3.66. The summed E-state index contributed by atoms with van der Waals surface area (Å²) in [6.07, 6.45) is 7.31. The third-order valence-electron chi connectivity index (χ3n) is 2.39. The predicted molar refractivity (Wildman–Crippen MR) is 61.9 cm³/mol. The van der Waals surface area contributed by atoms with Crippen molar-refractivity contribution in [3.05, 3.63) is 23.8 Å². The minimum Gasteiger partial charge on any atom is -0.100 e. The Kier molecular flexibility index (Phi) is 6.66. The first-order valence-corrected chi connectivity index (χ1v) is 5.38. The molecule has 0 nitrogen and oxygen atoms in total. The van der Waals surface area contributed by atoms with Crippen molar-refractivity contribution >= 4 is 0 Å². The zero-order valence-electron chi connectivity index (χ0n) is 9.69. The lowest BCUT2D eigenvalue weighted by atomic mass is 10.0. The normalized spacial score (nSPS) is 14.3. The van der Waals surface area contributed by atoms with E-state index in [1.807, 2.05) is 0 Å². The molecule has 0 spiro atoms. The van der Waals surface area contributed by atoms with Crippen LogP contribution in [0, 0.1) is 5.92 Å². The van der Waals surface area contributed by atoms with E-state index < -0.39 is 0 Å². The minimum atomic E-state index is 0.741. The van der Waals surface area contributed by atoms with Crippen LogP contribution in [0.3, 0.4) is 0 Å². The minimum absolute atomic E-state index is 0.741. The first-order valence-electron chi connectivity index (χ1n) is 5.38. The molecular weight excluding hydrogens is 156 g/mol. The summed E-state index contributed by atoms with van der Waals surface area (Å²) in [6.45, 7) is 12.8. The Morgan fingerprint density at radius 1 is 1.31 bits per heavy atom. The molecule has 0 aliphatic carbocycles. The average Bonchev–Trinajstić information content (AvgIpc) is 2.03. The van der Waals surface area contributed by atoms with Gasteiger partial charge in [0.25, 0.3) is 0 Å². The van der Waals surface area contributed by atoms with E-state index in [-0.39, 0.29) is 0 Å².